The minimum absolute atomic E-state index is 0.0818. The first kappa shape index (κ1) is 16.0. The van der Waals surface area contributed by atoms with E-state index >= 15 is 0 Å². The number of amides is 1. The number of rotatable bonds is 7. The third-order valence-electron chi connectivity index (χ3n) is 4.12. The Hall–Kier alpha value is -1.06. The molecule has 19 heavy (non-hydrogen) atoms. The van der Waals surface area contributed by atoms with Crippen LogP contribution in [0.15, 0.2) is 0 Å². The van der Waals surface area contributed by atoms with Gasteiger partial charge in [-0.1, -0.05) is 13.8 Å². The summed E-state index contributed by atoms with van der Waals surface area (Å²) in [7, 11) is 0. The highest BCUT2D eigenvalue weighted by Crippen LogP contribution is 2.29. The van der Waals surface area contributed by atoms with E-state index in [2.05, 4.69) is 19.2 Å². The molecule has 1 aliphatic rings. The van der Waals surface area contributed by atoms with Crippen LogP contribution in [0.1, 0.15) is 65.2 Å². The molecule has 1 saturated carbocycles. The van der Waals surface area contributed by atoms with Crippen LogP contribution >= 0.6 is 0 Å². The Labute approximate surface area is 116 Å². The fourth-order valence-electron chi connectivity index (χ4n) is 2.79. The minimum atomic E-state index is -0.785. The zero-order chi connectivity index (χ0) is 14.3. The predicted octanol–water partition coefficient (Wildman–Crippen LogP) is 2.96. The van der Waals surface area contributed by atoms with E-state index in [1.165, 1.54) is 12.8 Å². The van der Waals surface area contributed by atoms with Crippen molar-refractivity contribution >= 4 is 11.9 Å². The third-order valence-corrected chi connectivity index (χ3v) is 4.12. The number of hydrogen-bond donors (Lipinski definition) is 2. The van der Waals surface area contributed by atoms with Gasteiger partial charge < -0.3 is 10.4 Å². The van der Waals surface area contributed by atoms with E-state index in [-0.39, 0.29) is 12.3 Å². The molecule has 0 heterocycles. The lowest BCUT2D eigenvalue weighted by Crippen LogP contribution is -2.38. The molecule has 1 aliphatic carbocycles. The van der Waals surface area contributed by atoms with Crippen LogP contribution < -0.4 is 5.32 Å². The molecule has 0 unspecified atom stereocenters. The van der Waals surface area contributed by atoms with Crippen LogP contribution in [-0.4, -0.2) is 23.0 Å². The number of hydrogen-bond acceptors (Lipinski definition) is 2. The molecule has 2 N–H and O–H groups in total. The number of aliphatic carboxylic acids is 1. The normalized spacial score (nSPS) is 23.3. The fraction of sp³-hybridized carbons (Fsp3) is 0.867. The van der Waals surface area contributed by atoms with E-state index in [0.29, 0.717) is 25.3 Å². The van der Waals surface area contributed by atoms with E-state index in [4.69, 9.17) is 5.11 Å². The van der Waals surface area contributed by atoms with Gasteiger partial charge in [-0.3, -0.25) is 9.59 Å². The maximum atomic E-state index is 11.7. The molecule has 0 spiro atoms. The van der Waals surface area contributed by atoms with E-state index in [0.717, 1.165) is 24.7 Å². The summed E-state index contributed by atoms with van der Waals surface area (Å²) in [5.74, 6) is 0.849. The lowest BCUT2D eigenvalue weighted by Gasteiger charge is -2.31. The summed E-state index contributed by atoms with van der Waals surface area (Å²) in [6.45, 7) is 4.54. The van der Waals surface area contributed by atoms with Gasteiger partial charge in [0.05, 0.1) is 0 Å². The van der Waals surface area contributed by atoms with Crippen molar-refractivity contribution in [1.29, 1.82) is 0 Å². The first-order valence-corrected chi connectivity index (χ1v) is 7.50. The second-order valence-electron chi connectivity index (χ2n) is 6.02. The van der Waals surface area contributed by atoms with Crippen molar-refractivity contribution in [2.45, 2.75) is 71.3 Å². The Morgan fingerprint density at radius 1 is 1.11 bits per heavy atom. The molecule has 1 rings (SSSR count). The number of carbonyl (C=O) groups excluding carboxylic acids is 1. The molecule has 0 atom stereocenters. The highest BCUT2D eigenvalue weighted by atomic mass is 16.4. The maximum Gasteiger partial charge on any atom is 0.303 e. The Kier molecular flexibility index (Phi) is 6.89. The fourth-order valence-corrected chi connectivity index (χ4v) is 2.79. The van der Waals surface area contributed by atoms with E-state index in [9.17, 15) is 9.59 Å². The van der Waals surface area contributed by atoms with Crippen molar-refractivity contribution in [3.8, 4) is 0 Å². The zero-order valence-corrected chi connectivity index (χ0v) is 12.2. The van der Waals surface area contributed by atoms with Crippen LogP contribution in [0.5, 0.6) is 0 Å². The van der Waals surface area contributed by atoms with Gasteiger partial charge in [-0.2, -0.15) is 0 Å². The Bertz CT molecular complexity index is 294. The molecule has 0 aliphatic heterocycles. The van der Waals surface area contributed by atoms with Gasteiger partial charge in [0.25, 0.3) is 0 Å². The van der Waals surface area contributed by atoms with Crippen LogP contribution in [-0.2, 0) is 9.59 Å². The van der Waals surface area contributed by atoms with Crippen molar-refractivity contribution in [3.05, 3.63) is 0 Å². The van der Waals surface area contributed by atoms with Crippen LogP contribution in [0.4, 0.5) is 0 Å². The second kappa shape index (κ2) is 8.18. The quantitative estimate of drug-likeness (QED) is 0.698. The molecule has 1 fully saturated rings. The molecule has 0 radical (unpaired) electrons. The summed E-state index contributed by atoms with van der Waals surface area (Å²) in [4.78, 5) is 22.1. The Morgan fingerprint density at radius 3 is 2.21 bits per heavy atom. The Balaban J connectivity index is 2.11. The molecule has 4 nitrogen and oxygen atoms in total. The number of carboxylic acids is 1. The summed E-state index contributed by atoms with van der Waals surface area (Å²) in [5, 5.41) is 11.6. The van der Waals surface area contributed by atoms with E-state index < -0.39 is 5.97 Å². The topological polar surface area (TPSA) is 66.4 Å². The second-order valence-corrected chi connectivity index (χ2v) is 6.02. The number of carbonyl (C=O) groups is 2. The minimum Gasteiger partial charge on any atom is -0.481 e. The van der Waals surface area contributed by atoms with E-state index in [1.807, 2.05) is 0 Å². The molecule has 0 bridgehead atoms. The standard InChI is InChI=1S/C15H27NO3/c1-11(2)12-7-9-13(10-8-12)16-14(17)5-3-4-6-15(18)19/h11-13H,3-10H2,1-2H3,(H,16,17)(H,18,19). The average Bonchev–Trinajstić information content (AvgIpc) is 2.35. The third kappa shape index (κ3) is 6.60. The smallest absolute Gasteiger partial charge is 0.303 e. The molecular formula is C15H27NO3. The van der Waals surface area contributed by atoms with Gasteiger partial charge in [0.1, 0.15) is 0 Å². The largest absolute Gasteiger partial charge is 0.481 e. The molecule has 0 aromatic heterocycles. The van der Waals surface area contributed by atoms with Crippen molar-refractivity contribution in [3.63, 3.8) is 0 Å². The lowest BCUT2D eigenvalue weighted by molar-refractivity contribution is -0.137. The van der Waals surface area contributed by atoms with Crippen molar-refractivity contribution in [2.75, 3.05) is 0 Å². The highest BCUT2D eigenvalue weighted by molar-refractivity contribution is 5.76. The van der Waals surface area contributed by atoms with Gasteiger partial charge in [0, 0.05) is 18.9 Å². The maximum absolute atomic E-state index is 11.7. The molecule has 1 amide bonds. The van der Waals surface area contributed by atoms with Gasteiger partial charge in [-0.15, -0.1) is 0 Å². The van der Waals surface area contributed by atoms with E-state index in [1.54, 1.807) is 0 Å². The summed E-state index contributed by atoms with van der Waals surface area (Å²) >= 11 is 0. The van der Waals surface area contributed by atoms with Crippen LogP contribution in [0, 0.1) is 11.8 Å². The summed E-state index contributed by atoms with van der Waals surface area (Å²) in [6.07, 6.45) is 6.46. The van der Waals surface area contributed by atoms with Gasteiger partial charge in [-0.05, 0) is 50.4 Å². The molecule has 110 valence electrons. The highest BCUT2D eigenvalue weighted by Gasteiger charge is 2.23. The molecular weight excluding hydrogens is 242 g/mol. The van der Waals surface area contributed by atoms with Crippen molar-refractivity contribution in [1.82, 2.24) is 5.32 Å². The summed E-state index contributed by atoms with van der Waals surface area (Å²) in [5.41, 5.74) is 0. The number of carboxylic acid groups (broad SMARTS) is 1. The van der Waals surface area contributed by atoms with Crippen LogP contribution in [0.3, 0.4) is 0 Å². The Morgan fingerprint density at radius 2 is 1.68 bits per heavy atom. The van der Waals surface area contributed by atoms with Gasteiger partial charge in [-0.25, -0.2) is 0 Å². The number of unbranched alkanes of at least 4 members (excludes halogenated alkanes) is 1. The monoisotopic (exact) mass is 269 g/mol. The van der Waals surface area contributed by atoms with Crippen LogP contribution in [0.25, 0.3) is 0 Å². The van der Waals surface area contributed by atoms with Gasteiger partial charge in [0.15, 0.2) is 0 Å². The van der Waals surface area contributed by atoms with Gasteiger partial charge >= 0.3 is 5.97 Å². The average molecular weight is 269 g/mol. The summed E-state index contributed by atoms with van der Waals surface area (Å²) in [6, 6.07) is 0.335. The van der Waals surface area contributed by atoms with Crippen molar-refractivity contribution in [2.24, 2.45) is 11.8 Å². The summed E-state index contributed by atoms with van der Waals surface area (Å²) < 4.78 is 0. The SMILES string of the molecule is CC(C)C1CCC(NC(=O)CCCCC(=O)O)CC1. The van der Waals surface area contributed by atoms with Crippen molar-refractivity contribution < 1.29 is 14.7 Å². The molecule has 0 aromatic rings. The lowest BCUT2D eigenvalue weighted by atomic mass is 9.79. The number of nitrogens with one attached hydrogen (secondary N) is 1. The molecule has 0 saturated heterocycles. The van der Waals surface area contributed by atoms with Gasteiger partial charge in [0.2, 0.25) is 5.91 Å². The predicted molar refractivity (Wildman–Crippen MR) is 74.8 cm³/mol. The first-order chi connectivity index (χ1) is 8.99. The first-order valence-electron chi connectivity index (χ1n) is 7.50. The van der Waals surface area contributed by atoms with Crippen LogP contribution in [0.2, 0.25) is 0 Å². The molecule has 0 aromatic carbocycles. The zero-order valence-electron chi connectivity index (χ0n) is 12.2. The molecule has 4 heteroatoms.